The van der Waals surface area contributed by atoms with Crippen LogP contribution in [0.15, 0.2) is 18.3 Å². The Kier molecular flexibility index (Phi) is 5.35. The number of nitrogens with zero attached hydrogens (tertiary/aromatic N) is 3. The van der Waals surface area contributed by atoms with E-state index in [0.29, 0.717) is 23.5 Å². The lowest BCUT2D eigenvalue weighted by molar-refractivity contribution is 0.350. The van der Waals surface area contributed by atoms with Gasteiger partial charge in [0.25, 0.3) is 0 Å². The second kappa shape index (κ2) is 7.24. The SMILES string of the molecule is CCC(Cc1cn(CC)nn1)c1cc(OC)c(OC)cc1F. The molecule has 0 fully saturated rings. The summed E-state index contributed by atoms with van der Waals surface area (Å²) >= 11 is 0. The number of aryl methyl sites for hydroxylation is 1. The molecule has 0 aliphatic carbocycles. The number of methoxy groups -OCH3 is 2. The maximum Gasteiger partial charge on any atom is 0.163 e. The van der Waals surface area contributed by atoms with E-state index in [0.717, 1.165) is 18.7 Å². The molecule has 1 atom stereocenters. The van der Waals surface area contributed by atoms with Gasteiger partial charge in [0.05, 0.1) is 19.9 Å². The third-order valence-corrected chi connectivity index (χ3v) is 3.80. The summed E-state index contributed by atoms with van der Waals surface area (Å²) in [4.78, 5) is 0. The molecule has 1 aromatic carbocycles. The molecule has 0 aliphatic rings. The molecule has 2 aromatic rings. The molecule has 1 unspecified atom stereocenters. The van der Waals surface area contributed by atoms with Crippen LogP contribution in [0.3, 0.4) is 0 Å². The molecule has 0 N–H and O–H groups in total. The van der Waals surface area contributed by atoms with Gasteiger partial charge >= 0.3 is 0 Å². The molecule has 5 nitrogen and oxygen atoms in total. The van der Waals surface area contributed by atoms with Crippen molar-refractivity contribution in [3.05, 3.63) is 35.4 Å². The van der Waals surface area contributed by atoms with E-state index >= 15 is 0 Å². The average Bonchev–Trinajstić information content (AvgIpc) is 3.00. The van der Waals surface area contributed by atoms with Crippen LogP contribution in [0.25, 0.3) is 0 Å². The standard InChI is InChI=1S/C16H22FN3O2/c1-5-11(7-12-10-20(6-2)19-18-12)13-8-15(21-3)16(22-4)9-14(13)17/h8-11H,5-7H2,1-4H3. The topological polar surface area (TPSA) is 49.2 Å². The van der Waals surface area contributed by atoms with E-state index in [2.05, 4.69) is 10.3 Å². The van der Waals surface area contributed by atoms with Crippen LogP contribution in [0.2, 0.25) is 0 Å². The molecule has 22 heavy (non-hydrogen) atoms. The van der Waals surface area contributed by atoms with Crippen molar-refractivity contribution in [1.29, 1.82) is 0 Å². The summed E-state index contributed by atoms with van der Waals surface area (Å²) < 4.78 is 26.6. The fourth-order valence-corrected chi connectivity index (χ4v) is 2.50. The normalized spacial score (nSPS) is 12.2. The minimum absolute atomic E-state index is 0.0156. The Bertz CT molecular complexity index is 628. The van der Waals surface area contributed by atoms with Crippen molar-refractivity contribution in [1.82, 2.24) is 15.0 Å². The van der Waals surface area contributed by atoms with Gasteiger partial charge in [-0.1, -0.05) is 12.1 Å². The molecular formula is C16H22FN3O2. The van der Waals surface area contributed by atoms with Crippen molar-refractivity contribution in [2.24, 2.45) is 0 Å². The van der Waals surface area contributed by atoms with Gasteiger partial charge < -0.3 is 9.47 Å². The molecule has 0 aliphatic heterocycles. The molecule has 0 amide bonds. The molecule has 1 aromatic heterocycles. The van der Waals surface area contributed by atoms with Crippen LogP contribution in [0, 0.1) is 5.82 Å². The van der Waals surface area contributed by atoms with Gasteiger partial charge in [-0.05, 0) is 30.9 Å². The number of benzene rings is 1. The van der Waals surface area contributed by atoms with Gasteiger partial charge in [0.1, 0.15) is 5.82 Å². The Hall–Kier alpha value is -2.11. The average molecular weight is 307 g/mol. The van der Waals surface area contributed by atoms with Crippen LogP contribution in [0.1, 0.15) is 37.4 Å². The Morgan fingerprint density at radius 3 is 2.41 bits per heavy atom. The van der Waals surface area contributed by atoms with Crippen molar-refractivity contribution < 1.29 is 13.9 Å². The lowest BCUT2D eigenvalue weighted by Crippen LogP contribution is -2.06. The first-order valence-electron chi connectivity index (χ1n) is 7.43. The van der Waals surface area contributed by atoms with Gasteiger partial charge in [-0.15, -0.1) is 5.10 Å². The summed E-state index contributed by atoms with van der Waals surface area (Å²) in [6, 6.07) is 3.09. The molecule has 0 bridgehead atoms. The highest BCUT2D eigenvalue weighted by atomic mass is 19.1. The van der Waals surface area contributed by atoms with Gasteiger partial charge in [0.2, 0.25) is 0 Å². The van der Waals surface area contributed by atoms with E-state index in [9.17, 15) is 4.39 Å². The van der Waals surface area contributed by atoms with E-state index in [4.69, 9.17) is 9.47 Å². The van der Waals surface area contributed by atoms with Crippen LogP contribution in [0.5, 0.6) is 11.5 Å². The predicted octanol–water partition coefficient (Wildman–Crippen LogP) is 3.19. The van der Waals surface area contributed by atoms with Crippen molar-refractivity contribution in [3.8, 4) is 11.5 Å². The third-order valence-electron chi connectivity index (χ3n) is 3.80. The second-order valence-corrected chi connectivity index (χ2v) is 5.10. The largest absolute Gasteiger partial charge is 0.493 e. The number of aromatic nitrogens is 3. The lowest BCUT2D eigenvalue weighted by atomic mass is 9.91. The fourth-order valence-electron chi connectivity index (χ4n) is 2.50. The first-order chi connectivity index (χ1) is 10.6. The summed E-state index contributed by atoms with van der Waals surface area (Å²) in [7, 11) is 3.05. The zero-order valence-electron chi connectivity index (χ0n) is 13.5. The summed E-state index contributed by atoms with van der Waals surface area (Å²) in [5, 5.41) is 8.17. The maximum atomic E-state index is 14.4. The van der Waals surface area contributed by atoms with Gasteiger partial charge in [0, 0.05) is 25.2 Å². The molecule has 0 saturated heterocycles. The van der Waals surface area contributed by atoms with Gasteiger partial charge in [0.15, 0.2) is 11.5 Å². The first-order valence-corrected chi connectivity index (χ1v) is 7.43. The summed E-state index contributed by atoms with van der Waals surface area (Å²) in [6.07, 6.45) is 3.34. The number of rotatable bonds is 7. The molecule has 0 spiro atoms. The molecule has 2 rings (SSSR count). The minimum Gasteiger partial charge on any atom is -0.493 e. The van der Waals surface area contributed by atoms with Crippen LogP contribution in [-0.2, 0) is 13.0 Å². The number of hydrogen-bond acceptors (Lipinski definition) is 4. The van der Waals surface area contributed by atoms with Crippen molar-refractivity contribution in [2.75, 3.05) is 14.2 Å². The van der Waals surface area contributed by atoms with E-state index in [1.165, 1.54) is 13.2 Å². The zero-order chi connectivity index (χ0) is 16.1. The van der Waals surface area contributed by atoms with Crippen molar-refractivity contribution in [3.63, 3.8) is 0 Å². The Balaban J connectivity index is 2.30. The Morgan fingerprint density at radius 1 is 1.18 bits per heavy atom. The van der Waals surface area contributed by atoms with Crippen LogP contribution in [0.4, 0.5) is 4.39 Å². The molecule has 0 radical (unpaired) electrons. The van der Waals surface area contributed by atoms with Crippen LogP contribution < -0.4 is 9.47 Å². The van der Waals surface area contributed by atoms with Crippen LogP contribution in [-0.4, -0.2) is 29.2 Å². The molecule has 120 valence electrons. The highest BCUT2D eigenvalue weighted by molar-refractivity contribution is 5.45. The maximum absolute atomic E-state index is 14.4. The van der Waals surface area contributed by atoms with E-state index < -0.39 is 0 Å². The van der Waals surface area contributed by atoms with Gasteiger partial charge in [-0.25, -0.2) is 4.39 Å². The van der Waals surface area contributed by atoms with E-state index in [-0.39, 0.29) is 11.7 Å². The predicted molar refractivity (Wildman–Crippen MR) is 81.9 cm³/mol. The first kappa shape index (κ1) is 16.3. The molecule has 6 heteroatoms. The number of halogens is 1. The second-order valence-electron chi connectivity index (χ2n) is 5.10. The quantitative estimate of drug-likeness (QED) is 0.788. The molecular weight excluding hydrogens is 285 g/mol. The summed E-state index contributed by atoms with van der Waals surface area (Å²) in [6.45, 7) is 4.81. The fraction of sp³-hybridized carbons (Fsp3) is 0.500. The molecule has 1 heterocycles. The number of ether oxygens (including phenoxy) is 2. The lowest BCUT2D eigenvalue weighted by Gasteiger charge is -2.17. The summed E-state index contributed by atoms with van der Waals surface area (Å²) in [5.74, 6) is 0.666. The third kappa shape index (κ3) is 3.37. The number of hydrogen-bond donors (Lipinski definition) is 0. The van der Waals surface area contributed by atoms with E-state index in [1.807, 2.05) is 20.0 Å². The van der Waals surface area contributed by atoms with Crippen LogP contribution >= 0.6 is 0 Å². The smallest absolute Gasteiger partial charge is 0.163 e. The summed E-state index contributed by atoms with van der Waals surface area (Å²) in [5.41, 5.74) is 1.48. The molecule has 0 saturated carbocycles. The van der Waals surface area contributed by atoms with Crippen molar-refractivity contribution in [2.45, 2.75) is 39.2 Å². The Morgan fingerprint density at radius 2 is 1.86 bits per heavy atom. The van der Waals surface area contributed by atoms with Gasteiger partial charge in [-0.3, -0.25) is 4.68 Å². The van der Waals surface area contributed by atoms with Crippen molar-refractivity contribution >= 4 is 0 Å². The highest BCUT2D eigenvalue weighted by Crippen LogP contribution is 2.35. The Labute approximate surface area is 130 Å². The highest BCUT2D eigenvalue weighted by Gasteiger charge is 2.20. The minimum atomic E-state index is -0.285. The zero-order valence-corrected chi connectivity index (χ0v) is 13.5. The monoisotopic (exact) mass is 307 g/mol. The van der Waals surface area contributed by atoms with E-state index in [1.54, 1.807) is 17.9 Å². The van der Waals surface area contributed by atoms with Gasteiger partial charge in [-0.2, -0.15) is 0 Å².